The van der Waals surface area contributed by atoms with Crippen LogP contribution in [0, 0.1) is 0 Å². The molecule has 0 aliphatic carbocycles. The second kappa shape index (κ2) is 2.71. The summed E-state index contributed by atoms with van der Waals surface area (Å²) >= 11 is 3.32. The van der Waals surface area contributed by atoms with Gasteiger partial charge in [-0.2, -0.15) is 0 Å². The maximum atomic E-state index is 5.67. The number of aromatic nitrogens is 2. The summed E-state index contributed by atoms with van der Waals surface area (Å²) in [6.45, 7) is 0. The molecule has 0 aliphatic heterocycles. The van der Waals surface area contributed by atoms with E-state index in [2.05, 4.69) is 25.9 Å². The number of anilines is 1. The number of hydrogen-bond donors (Lipinski definition) is 1. The fourth-order valence-electron chi connectivity index (χ4n) is 1.00. The van der Waals surface area contributed by atoms with E-state index in [-0.39, 0.29) is 0 Å². The second-order valence-electron chi connectivity index (χ2n) is 2.42. The van der Waals surface area contributed by atoms with E-state index in [9.17, 15) is 0 Å². The quantitative estimate of drug-likeness (QED) is 0.696. The molecule has 1 aromatic heterocycles. The van der Waals surface area contributed by atoms with Gasteiger partial charge in [-0.25, -0.2) is 0 Å². The summed E-state index contributed by atoms with van der Waals surface area (Å²) in [6, 6.07) is 3.66. The minimum Gasteiger partial charge on any atom is -0.398 e. The van der Waals surface area contributed by atoms with Crippen LogP contribution in [0.2, 0.25) is 0 Å². The maximum absolute atomic E-state index is 5.67. The van der Waals surface area contributed by atoms with Crippen LogP contribution < -0.4 is 5.73 Å². The van der Waals surface area contributed by atoms with Crippen molar-refractivity contribution in [3.05, 3.63) is 29.0 Å². The molecular weight excluding hydrogens is 218 g/mol. The van der Waals surface area contributed by atoms with Crippen molar-refractivity contribution in [2.75, 3.05) is 5.73 Å². The number of fused-ring (bicyclic) bond motifs is 1. The van der Waals surface area contributed by atoms with Crippen LogP contribution in [-0.2, 0) is 0 Å². The second-order valence-corrected chi connectivity index (χ2v) is 3.27. The number of hydrogen-bond acceptors (Lipinski definition) is 3. The molecule has 4 heteroatoms. The first-order valence-corrected chi connectivity index (χ1v) is 4.22. The van der Waals surface area contributed by atoms with Crippen LogP contribution in [0.5, 0.6) is 0 Å². The molecule has 0 saturated carbocycles. The smallest absolute Gasteiger partial charge is 0.0908 e. The van der Waals surface area contributed by atoms with Crippen molar-refractivity contribution in [2.45, 2.75) is 0 Å². The molecule has 0 aliphatic rings. The van der Waals surface area contributed by atoms with Gasteiger partial charge in [0.1, 0.15) is 0 Å². The SMILES string of the molecule is Nc1cc2nccnc2cc1Br. The zero-order valence-electron chi connectivity index (χ0n) is 6.16. The minimum absolute atomic E-state index is 0.683. The third-order valence-electron chi connectivity index (χ3n) is 1.59. The highest BCUT2D eigenvalue weighted by molar-refractivity contribution is 9.10. The summed E-state index contributed by atoms with van der Waals surface area (Å²) in [5.74, 6) is 0. The van der Waals surface area contributed by atoms with Crippen LogP contribution in [0.25, 0.3) is 11.0 Å². The number of nitrogens with zero attached hydrogens (tertiary/aromatic N) is 2. The molecule has 12 heavy (non-hydrogen) atoms. The average Bonchev–Trinajstić information content (AvgIpc) is 2.07. The lowest BCUT2D eigenvalue weighted by atomic mass is 10.3. The Balaban J connectivity index is 2.84. The molecule has 2 aromatic rings. The van der Waals surface area contributed by atoms with E-state index >= 15 is 0 Å². The molecule has 0 saturated heterocycles. The summed E-state index contributed by atoms with van der Waals surface area (Å²) < 4.78 is 0.857. The van der Waals surface area contributed by atoms with E-state index in [1.54, 1.807) is 18.5 Å². The van der Waals surface area contributed by atoms with Crippen LogP contribution in [0.3, 0.4) is 0 Å². The monoisotopic (exact) mass is 223 g/mol. The first-order chi connectivity index (χ1) is 5.77. The normalized spacial score (nSPS) is 10.4. The molecule has 60 valence electrons. The molecule has 0 spiro atoms. The largest absolute Gasteiger partial charge is 0.398 e. The molecule has 0 bridgehead atoms. The fraction of sp³-hybridized carbons (Fsp3) is 0. The van der Waals surface area contributed by atoms with Gasteiger partial charge in [-0.15, -0.1) is 0 Å². The van der Waals surface area contributed by atoms with Crippen molar-refractivity contribution in [2.24, 2.45) is 0 Å². The van der Waals surface area contributed by atoms with Crippen LogP contribution in [0.15, 0.2) is 29.0 Å². The Morgan fingerprint density at radius 1 is 1.08 bits per heavy atom. The van der Waals surface area contributed by atoms with Gasteiger partial charge in [-0.05, 0) is 28.1 Å². The summed E-state index contributed by atoms with van der Waals surface area (Å²) in [5.41, 5.74) is 8.02. The molecule has 0 fully saturated rings. The molecule has 0 radical (unpaired) electrons. The predicted octanol–water partition coefficient (Wildman–Crippen LogP) is 1.97. The molecule has 2 rings (SSSR count). The van der Waals surface area contributed by atoms with E-state index in [4.69, 9.17) is 5.73 Å². The number of benzene rings is 1. The van der Waals surface area contributed by atoms with Gasteiger partial charge in [0.25, 0.3) is 0 Å². The molecule has 3 nitrogen and oxygen atoms in total. The van der Waals surface area contributed by atoms with Crippen LogP contribution in [0.1, 0.15) is 0 Å². The Labute approximate surface area is 77.8 Å². The molecule has 0 unspecified atom stereocenters. The third kappa shape index (κ3) is 1.14. The van der Waals surface area contributed by atoms with Crippen LogP contribution >= 0.6 is 15.9 Å². The molecule has 2 N–H and O–H groups in total. The summed E-state index contributed by atoms with van der Waals surface area (Å²) in [6.07, 6.45) is 3.31. The summed E-state index contributed by atoms with van der Waals surface area (Å²) in [4.78, 5) is 8.25. The topological polar surface area (TPSA) is 51.8 Å². The van der Waals surface area contributed by atoms with Crippen molar-refractivity contribution >= 4 is 32.7 Å². The van der Waals surface area contributed by atoms with Crippen molar-refractivity contribution in [3.8, 4) is 0 Å². The predicted molar refractivity (Wildman–Crippen MR) is 51.7 cm³/mol. The lowest BCUT2D eigenvalue weighted by Crippen LogP contribution is -1.89. The molecule has 1 heterocycles. The Morgan fingerprint density at radius 3 is 2.33 bits per heavy atom. The van der Waals surface area contributed by atoms with Gasteiger partial charge in [-0.3, -0.25) is 9.97 Å². The Hall–Kier alpha value is -1.16. The number of halogens is 1. The average molecular weight is 224 g/mol. The van der Waals surface area contributed by atoms with Gasteiger partial charge < -0.3 is 5.73 Å². The van der Waals surface area contributed by atoms with Gasteiger partial charge in [0.2, 0.25) is 0 Å². The zero-order valence-corrected chi connectivity index (χ0v) is 7.75. The van der Waals surface area contributed by atoms with Crippen molar-refractivity contribution < 1.29 is 0 Å². The molecular formula is C8H6BrN3. The first-order valence-electron chi connectivity index (χ1n) is 3.43. The van der Waals surface area contributed by atoms with Crippen molar-refractivity contribution in [1.29, 1.82) is 0 Å². The van der Waals surface area contributed by atoms with E-state index in [0.29, 0.717) is 5.69 Å². The van der Waals surface area contributed by atoms with E-state index in [1.807, 2.05) is 6.07 Å². The third-order valence-corrected chi connectivity index (χ3v) is 2.27. The molecule has 0 atom stereocenters. The lowest BCUT2D eigenvalue weighted by Gasteiger charge is -1.99. The standard InChI is InChI=1S/C8H6BrN3/c9-5-3-7-8(4-6(5)10)12-2-1-11-7/h1-4H,10H2. The maximum Gasteiger partial charge on any atom is 0.0908 e. The zero-order chi connectivity index (χ0) is 8.55. The van der Waals surface area contributed by atoms with Crippen molar-refractivity contribution in [3.63, 3.8) is 0 Å². The lowest BCUT2D eigenvalue weighted by molar-refractivity contribution is 1.29. The highest BCUT2D eigenvalue weighted by Crippen LogP contribution is 2.23. The minimum atomic E-state index is 0.683. The van der Waals surface area contributed by atoms with Crippen molar-refractivity contribution in [1.82, 2.24) is 9.97 Å². The molecule has 1 aromatic carbocycles. The van der Waals surface area contributed by atoms with E-state index < -0.39 is 0 Å². The number of nitrogen functional groups attached to an aromatic ring is 1. The highest BCUT2D eigenvalue weighted by Gasteiger charge is 1.99. The van der Waals surface area contributed by atoms with Gasteiger partial charge in [-0.1, -0.05) is 0 Å². The van der Waals surface area contributed by atoms with E-state index in [0.717, 1.165) is 15.5 Å². The summed E-state index contributed by atoms with van der Waals surface area (Å²) in [5, 5.41) is 0. The summed E-state index contributed by atoms with van der Waals surface area (Å²) in [7, 11) is 0. The highest BCUT2D eigenvalue weighted by atomic mass is 79.9. The number of nitrogens with two attached hydrogens (primary N) is 1. The first kappa shape index (κ1) is 7.49. The van der Waals surface area contributed by atoms with Gasteiger partial charge in [0.05, 0.1) is 11.0 Å². The Kier molecular flexibility index (Phi) is 1.69. The van der Waals surface area contributed by atoms with Crippen LogP contribution in [-0.4, -0.2) is 9.97 Å². The Morgan fingerprint density at radius 2 is 1.67 bits per heavy atom. The van der Waals surface area contributed by atoms with Gasteiger partial charge >= 0.3 is 0 Å². The fourth-order valence-corrected chi connectivity index (χ4v) is 1.33. The van der Waals surface area contributed by atoms with Gasteiger partial charge in [0.15, 0.2) is 0 Å². The van der Waals surface area contributed by atoms with Crippen LogP contribution in [0.4, 0.5) is 5.69 Å². The Bertz CT molecular complexity index is 387. The number of rotatable bonds is 0. The van der Waals surface area contributed by atoms with E-state index in [1.165, 1.54) is 0 Å². The molecule has 0 amide bonds. The van der Waals surface area contributed by atoms with Gasteiger partial charge in [0, 0.05) is 22.6 Å².